The van der Waals surface area contributed by atoms with Crippen LogP contribution in [0.15, 0.2) is 64.6 Å². The Morgan fingerprint density at radius 2 is 1.97 bits per heavy atom. The largest absolute Gasteiger partial charge is 0.301 e. The molecule has 5 aromatic rings. The number of pyridine rings is 1. The quantitative estimate of drug-likeness (QED) is 0.366. The summed E-state index contributed by atoms with van der Waals surface area (Å²) in [5.74, 6) is -0.252. The molecule has 2 aromatic carbocycles. The van der Waals surface area contributed by atoms with E-state index in [-0.39, 0.29) is 10.8 Å². The van der Waals surface area contributed by atoms with Crippen molar-refractivity contribution < 1.29 is 13.2 Å². The predicted octanol–water partition coefficient (Wildman–Crippen LogP) is 3.26. The number of aromatic nitrogens is 4. The van der Waals surface area contributed by atoms with Gasteiger partial charge in [-0.25, -0.2) is 18.5 Å². The number of nitrogens with one attached hydrogen (secondary N) is 1. The van der Waals surface area contributed by atoms with Gasteiger partial charge in [-0.05, 0) is 48.7 Å². The first kappa shape index (κ1) is 20.8. The summed E-state index contributed by atoms with van der Waals surface area (Å²) in [6.45, 7) is 1.78. The van der Waals surface area contributed by atoms with Gasteiger partial charge in [-0.3, -0.25) is 9.20 Å². The Bertz CT molecular complexity index is 1610. The Kier molecular flexibility index (Phi) is 5.08. The molecule has 0 bridgehead atoms. The molecule has 5 rings (SSSR count). The van der Waals surface area contributed by atoms with Crippen LogP contribution in [0.25, 0.3) is 26.8 Å². The highest BCUT2D eigenvalue weighted by molar-refractivity contribution is 8.00. The monoisotopic (exact) mass is 484 g/mol. The summed E-state index contributed by atoms with van der Waals surface area (Å²) in [5, 5.41) is 18.0. The number of amides is 1. The van der Waals surface area contributed by atoms with E-state index >= 15 is 0 Å². The molecule has 1 amide bonds. The van der Waals surface area contributed by atoms with Crippen molar-refractivity contribution in [1.82, 2.24) is 19.6 Å². The third-order valence-corrected chi connectivity index (χ3v) is 7.71. The molecule has 12 heteroatoms. The number of sulfonamides is 1. The van der Waals surface area contributed by atoms with Crippen molar-refractivity contribution in [1.29, 1.82) is 0 Å². The third-order valence-electron chi connectivity index (χ3n) is 4.82. The number of fused-ring (bicyclic) bond motifs is 4. The minimum atomic E-state index is -3.81. The molecule has 0 aliphatic rings. The summed E-state index contributed by atoms with van der Waals surface area (Å²) in [4.78, 5) is 17.2. The third kappa shape index (κ3) is 3.81. The average Bonchev–Trinajstić information content (AvgIpc) is 3.36. The normalized spacial score (nSPS) is 13.1. The Morgan fingerprint density at radius 1 is 1.16 bits per heavy atom. The van der Waals surface area contributed by atoms with Crippen LogP contribution in [-0.4, -0.2) is 39.2 Å². The molecule has 162 valence electrons. The fraction of sp³-hybridized carbons (Fsp3) is 0.100. The molecule has 0 spiro atoms. The predicted molar refractivity (Wildman–Crippen MR) is 125 cm³/mol. The van der Waals surface area contributed by atoms with Crippen molar-refractivity contribution in [2.24, 2.45) is 5.14 Å². The number of primary sulfonamides is 1. The zero-order chi connectivity index (χ0) is 22.5. The lowest BCUT2D eigenvalue weighted by molar-refractivity contribution is -0.115. The molecule has 0 saturated carbocycles. The van der Waals surface area contributed by atoms with Crippen LogP contribution in [0.3, 0.4) is 0 Å². The van der Waals surface area contributed by atoms with Crippen molar-refractivity contribution in [3.8, 4) is 0 Å². The van der Waals surface area contributed by atoms with E-state index in [9.17, 15) is 13.2 Å². The summed E-state index contributed by atoms with van der Waals surface area (Å²) in [6, 6.07) is 16.2. The number of carbonyl (C=O) groups excluding carboxylic acids is 1. The van der Waals surface area contributed by atoms with E-state index in [0.717, 1.165) is 10.9 Å². The van der Waals surface area contributed by atoms with Crippen LogP contribution in [0.4, 0.5) is 5.13 Å². The molecule has 1 unspecified atom stereocenters. The van der Waals surface area contributed by atoms with Gasteiger partial charge in [0.1, 0.15) is 0 Å². The second-order valence-electron chi connectivity index (χ2n) is 7.01. The van der Waals surface area contributed by atoms with Gasteiger partial charge in [-0.15, -0.1) is 10.2 Å². The van der Waals surface area contributed by atoms with Crippen LogP contribution < -0.4 is 10.5 Å². The standard InChI is InChI=1S/C20H16N6O3S3/c1-11(30-20-25-24-17-9-6-12-4-2-3-5-15(12)26(17)20)18(27)23-19-22-14-8-7-13(32(21,28)29)10-16(14)31-19/h2-11H,1H3,(H2,21,28,29)(H,22,23,27). The van der Waals surface area contributed by atoms with Gasteiger partial charge in [0.05, 0.1) is 25.9 Å². The van der Waals surface area contributed by atoms with Crippen molar-refractivity contribution in [2.45, 2.75) is 22.2 Å². The first-order chi connectivity index (χ1) is 15.3. The molecule has 32 heavy (non-hydrogen) atoms. The molecule has 0 aliphatic carbocycles. The smallest absolute Gasteiger partial charge is 0.239 e. The number of hydrogen-bond donors (Lipinski definition) is 2. The molecule has 0 radical (unpaired) electrons. The lowest BCUT2D eigenvalue weighted by atomic mass is 10.2. The van der Waals surface area contributed by atoms with E-state index in [1.54, 1.807) is 13.0 Å². The zero-order valence-electron chi connectivity index (χ0n) is 16.6. The minimum absolute atomic E-state index is 0.00126. The van der Waals surface area contributed by atoms with E-state index in [1.807, 2.05) is 40.8 Å². The highest BCUT2D eigenvalue weighted by Crippen LogP contribution is 2.30. The lowest BCUT2D eigenvalue weighted by Gasteiger charge is -2.10. The highest BCUT2D eigenvalue weighted by Gasteiger charge is 2.20. The van der Waals surface area contributed by atoms with Crippen LogP contribution >= 0.6 is 23.1 Å². The highest BCUT2D eigenvalue weighted by atomic mass is 32.2. The number of anilines is 1. The second kappa shape index (κ2) is 7.81. The van der Waals surface area contributed by atoms with Crippen LogP contribution in [0, 0.1) is 0 Å². The number of thiazole rings is 1. The van der Waals surface area contributed by atoms with Crippen molar-refractivity contribution in [3.63, 3.8) is 0 Å². The number of rotatable bonds is 5. The number of nitrogens with zero attached hydrogens (tertiary/aromatic N) is 4. The van der Waals surface area contributed by atoms with Crippen molar-refractivity contribution in [2.75, 3.05) is 5.32 Å². The number of hydrogen-bond acceptors (Lipinski definition) is 8. The first-order valence-corrected chi connectivity index (χ1v) is 12.7. The Balaban J connectivity index is 1.38. The van der Waals surface area contributed by atoms with Gasteiger partial charge in [0.25, 0.3) is 0 Å². The van der Waals surface area contributed by atoms with Crippen molar-refractivity contribution >= 4 is 70.9 Å². The van der Waals surface area contributed by atoms with Crippen LogP contribution in [0.2, 0.25) is 0 Å². The summed E-state index contributed by atoms with van der Waals surface area (Å²) in [6.07, 6.45) is 0. The maximum absolute atomic E-state index is 12.8. The van der Waals surface area contributed by atoms with Gasteiger partial charge in [-0.2, -0.15) is 0 Å². The number of para-hydroxylation sites is 1. The number of thioether (sulfide) groups is 1. The molecule has 0 saturated heterocycles. The SMILES string of the molecule is CC(Sc1nnc2ccc3ccccc3n12)C(=O)Nc1nc2ccc(S(N)(=O)=O)cc2s1. The van der Waals surface area contributed by atoms with E-state index in [4.69, 9.17) is 5.14 Å². The molecule has 1 atom stereocenters. The van der Waals surface area contributed by atoms with Crippen molar-refractivity contribution in [3.05, 3.63) is 54.6 Å². The Morgan fingerprint density at radius 3 is 2.78 bits per heavy atom. The molecule has 3 aromatic heterocycles. The van der Waals surface area contributed by atoms with E-state index in [1.165, 1.54) is 35.2 Å². The van der Waals surface area contributed by atoms with Gasteiger partial charge >= 0.3 is 0 Å². The minimum Gasteiger partial charge on any atom is -0.301 e. The Hall–Kier alpha value is -3.06. The molecule has 3 N–H and O–H groups in total. The van der Waals surface area contributed by atoms with Crippen LogP contribution in [0.1, 0.15) is 6.92 Å². The van der Waals surface area contributed by atoms with E-state index in [2.05, 4.69) is 20.5 Å². The topological polar surface area (TPSA) is 132 Å². The first-order valence-electron chi connectivity index (χ1n) is 9.43. The molecule has 0 fully saturated rings. The fourth-order valence-corrected chi connectivity index (χ4v) is 5.63. The zero-order valence-corrected chi connectivity index (χ0v) is 19.0. The second-order valence-corrected chi connectivity index (χ2v) is 10.9. The van der Waals surface area contributed by atoms with Gasteiger partial charge in [0.15, 0.2) is 15.9 Å². The van der Waals surface area contributed by atoms with Crippen LogP contribution in [-0.2, 0) is 14.8 Å². The maximum Gasteiger partial charge on any atom is 0.239 e. The number of carbonyl (C=O) groups is 1. The average molecular weight is 485 g/mol. The van der Waals surface area contributed by atoms with Gasteiger partial charge in [0.2, 0.25) is 15.9 Å². The molecule has 0 aliphatic heterocycles. The molecule has 3 heterocycles. The number of nitrogens with two attached hydrogens (primary N) is 1. The molecular weight excluding hydrogens is 468 g/mol. The fourth-order valence-electron chi connectivity index (χ4n) is 3.24. The Labute approximate surface area is 190 Å². The maximum atomic E-state index is 12.8. The van der Waals surface area contributed by atoms with Crippen LogP contribution in [0.5, 0.6) is 0 Å². The summed E-state index contributed by atoms with van der Waals surface area (Å²) < 4.78 is 25.6. The van der Waals surface area contributed by atoms with Gasteiger partial charge < -0.3 is 5.32 Å². The molecule has 9 nitrogen and oxygen atoms in total. The summed E-state index contributed by atoms with van der Waals surface area (Å²) in [7, 11) is -3.81. The summed E-state index contributed by atoms with van der Waals surface area (Å²) in [5.41, 5.74) is 2.24. The van der Waals surface area contributed by atoms with Gasteiger partial charge in [0, 0.05) is 0 Å². The summed E-state index contributed by atoms with van der Waals surface area (Å²) >= 11 is 2.47. The lowest BCUT2D eigenvalue weighted by Crippen LogP contribution is -2.22. The number of benzene rings is 2. The van der Waals surface area contributed by atoms with Gasteiger partial charge in [-0.1, -0.05) is 41.3 Å². The molecular formula is C20H16N6O3S3. The van der Waals surface area contributed by atoms with E-state index < -0.39 is 15.3 Å². The van der Waals surface area contributed by atoms with E-state index in [0.29, 0.717) is 26.2 Å².